The van der Waals surface area contributed by atoms with Gasteiger partial charge in [-0.3, -0.25) is 0 Å². The molecule has 0 fully saturated rings. The number of nitrogens with zero attached hydrogens (tertiary/aromatic N) is 1. The van der Waals surface area contributed by atoms with E-state index >= 15 is 0 Å². The molecule has 0 saturated heterocycles. The first-order valence-electron chi connectivity index (χ1n) is 6.74. The van der Waals surface area contributed by atoms with Gasteiger partial charge in [0.05, 0.1) is 10.0 Å². The zero-order valence-electron chi connectivity index (χ0n) is 12.3. The molecule has 2 rings (SSSR count). The van der Waals surface area contributed by atoms with Gasteiger partial charge in [0.1, 0.15) is 25.0 Å². The average Bonchev–Trinajstić information content (AvgIpc) is 2.47. The number of hydrogen-bond acceptors (Lipinski definition) is 3. The fraction of sp³-hybridized carbons (Fsp3) is 0.235. The molecule has 3 nitrogen and oxygen atoms in total. The van der Waals surface area contributed by atoms with Gasteiger partial charge in [0.25, 0.3) is 0 Å². The zero-order valence-corrected chi connectivity index (χ0v) is 14.7. The van der Waals surface area contributed by atoms with Crippen molar-refractivity contribution in [3.05, 3.63) is 56.5 Å². The maximum Gasteiger partial charge on any atom is 0.151 e. The van der Waals surface area contributed by atoms with Crippen LogP contribution in [-0.4, -0.2) is 13.2 Å². The number of hydrogen-bond donors (Lipinski definition) is 0. The van der Waals surface area contributed by atoms with E-state index in [1.165, 1.54) is 0 Å². The molecule has 0 aliphatic heterocycles. The summed E-state index contributed by atoms with van der Waals surface area (Å²) in [6.07, 6.45) is 0. The van der Waals surface area contributed by atoms with Gasteiger partial charge in [0.15, 0.2) is 5.75 Å². The van der Waals surface area contributed by atoms with Gasteiger partial charge in [-0.15, -0.1) is 0 Å². The van der Waals surface area contributed by atoms with E-state index in [0.717, 1.165) is 16.9 Å². The first-order valence-corrected chi connectivity index (χ1v) is 7.91. The Morgan fingerprint density at radius 2 is 1.68 bits per heavy atom. The lowest BCUT2D eigenvalue weighted by Gasteiger charge is -2.14. The minimum atomic E-state index is 0.336. The number of rotatable bonds is 5. The van der Waals surface area contributed by atoms with E-state index < -0.39 is 0 Å². The van der Waals surface area contributed by atoms with E-state index in [0.29, 0.717) is 34.0 Å². The van der Waals surface area contributed by atoms with Crippen molar-refractivity contribution in [3.8, 4) is 17.6 Å². The standard InChI is InChI=1S/C17H15BrClNO2/c1-11-4-3-5-12(2)16(11)21-6-7-22-17-13(10-20)8-14(19)9-15(17)18/h3-5,8-9H,6-7H2,1-2H3. The highest BCUT2D eigenvalue weighted by Gasteiger charge is 2.10. The number of para-hydroxylation sites is 1. The SMILES string of the molecule is Cc1cccc(C)c1OCCOc1c(Br)cc(Cl)cc1C#N. The van der Waals surface area contributed by atoms with Crippen molar-refractivity contribution in [1.29, 1.82) is 5.26 Å². The molecule has 2 aromatic carbocycles. The largest absolute Gasteiger partial charge is 0.489 e. The van der Waals surface area contributed by atoms with E-state index in [2.05, 4.69) is 22.0 Å². The second kappa shape index (κ2) is 7.53. The first kappa shape index (κ1) is 16.7. The van der Waals surface area contributed by atoms with Crippen molar-refractivity contribution < 1.29 is 9.47 Å². The molecule has 0 atom stereocenters. The zero-order chi connectivity index (χ0) is 16.1. The molecule has 0 saturated carbocycles. The minimum Gasteiger partial charge on any atom is -0.489 e. The van der Waals surface area contributed by atoms with Crippen molar-refractivity contribution in [2.45, 2.75) is 13.8 Å². The molecule has 0 heterocycles. The van der Waals surface area contributed by atoms with E-state index in [1.807, 2.05) is 32.0 Å². The fourth-order valence-electron chi connectivity index (χ4n) is 2.10. The second-order valence-electron chi connectivity index (χ2n) is 4.79. The molecular formula is C17H15BrClNO2. The summed E-state index contributed by atoms with van der Waals surface area (Å²) in [6, 6.07) is 11.4. The molecule has 22 heavy (non-hydrogen) atoms. The average molecular weight is 381 g/mol. The molecule has 114 valence electrons. The van der Waals surface area contributed by atoms with Crippen LogP contribution in [0.25, 0.3) is 0 Å². The van der Waals surface area contributed by atoms with Crippen LogP contribution in [0.4, 0.5) is 0 Å². The first-order chi connectivity index (χ1) is 10.5. The van der Waals surface area contributed by atoms with Gasteiger partial charge < -0.3 is 9.47 Å². The van der Waals surface area contributed by atoms with E-state index in [4.69, 9.17) is 26.3 Å². The molecule has 0 radical (unpaired) electrons. The van der Waals surface area contributed by atoms with Gasteiger partial charge in [-0.25, -0.2) is 0 Å². The predicted molar refractivity (Wildman–Crippen MR) is 90.8 cm³/mol. The number of halogens is 2. The van der Waals surface area contributed by atoms with Crippen molar-refractivity contribution in [2.75, 3.05) is 13.2 Å². The van der Waals surface area contributed by atoms with Crippen molar-refractivity contribution in [3.63, 3.8) is 0 Å². The summed E-state index contributed by atoms with van der Waals surface area (Å²) < 4.78 is 12.1. The third-order valence-corrected chi connectivity index (χ3v) is 3.92. The van der Waals surface area contributed by atoms with Crippen molar-refractivity contribution >= 4 is 27.5 Å². The molecule has 0 aliphatic rings. The summed E-state index contributed by atoms with van der Waals surface area (Å²) in [7, 11) is 0. The molecule has 0 bridgehead atoms. The highest BCUT2D eigenvalue weighted by atomic mass is 79.9. The lowest BCUT2D eigenvalue weighted by atomic mass is 10.1. The lowest BCUT2D eigenvalue weighted by Crippen LogP contribution is -2.11. The van der Waals surface area contributed by atoms with Crippen LogP contribution in [0.5, 0.6) is 11.5 Å². The Morgan fingerprint density at radius 3 is 2.27 bits per heavy atom. The Balaban J connectivity index is 1.99. The molecule has 0 aliphatic carbocycles. The van der Waals surface area contributed by atoms with Crippen LogP contribution >= 0.6 is 27.5 Å². The Labute approximate surface area is 143 Å². The Morgan fingerprint density at radius 1 is 1.09 bits per heavy atom. The summed E-state index contributed by atoms with van der Waals surface area (Å²) >= 11 is 9.27. The second-order valence-corrected chi connectivity index (χ2v) is 6.08. The van der Waals surface area contributed by atoms with Crippen LogP contribution < -0.4 is 9.47 Å². The van der Waals surface area contributed by atoms with Gasteiger partial charge in [-0.1, -0.05) is 29.8 Å². The van der Waals surface area contributed by atoms with Gasteiger partial charge in [0.2, 0.25) is 0 Å². The van der Waals surface area contributed by atoms with Crippen molar-refractivity contribution in [1.82, 2.24) is 0 Å². The van der Waals surface area contributed by atoms with Crippen LogP contribution in [0.1, 0.15) is 16.7 Å². The number of nitriles is 1. The monoisotopic (exact) mass is 379 g/mol. The molecule has 5 heteroatoms. The Hall–Kier alpha value is -1.70. The number of benzene rings is 2. The Bertz CT molecular complexity index is 705. The molecule has 2 aromatic rings. The summed E-state index contributed by atoms with van der Waals surface area (Å²) in [4.78, 5) is 0. The lowest BCUT2D eigenvalue weighted by molar-refractivity contribution is 0.214. The molecule has 0 N–H and O–H groups in total. The van der Waals surface area contributed by atoms with E-state index in [-0.39, 0.29) is 0 Å². The maximum atomic E-state index is 9.13. The molecule has 0 spiro atoms. The van der Waals surface area contributed by atoms with Gasteiger partial charge in [-0.2, -0.15) is 5.26 Å². The van der Waals surface area contributed by atoms with Crippen LogP contribution in [0.2, 0.25) is 5.02 Å². The van der Waals surface area contributed by atoms with Gasteiger partial charge in [-0.05, 0) is 53.0 Å². The van der Waals surface area contributed by atoms with Crippen LogP contribution in [0, 0.1) is 25.2 Å². The predicted octanol–water partition coefficient (Wildman–Crippen LogP) is 5.05. The molecular weight excluding hydrogens is 366 g/mol. The molecule has 0 amide bonds. The van der Waals surface area contributed by atoms with Crippen LogP contribution in [-0.2, 0) is 0 Å². The normalized spacial score (nSPS) is 10.1. The quantitative estimate of drug-likeness (QED) is 0.682. The topological polar surface area (TPSA) is 42.2 Å². The summed E-state index contributed by atoms with van der Waals surface area (Å²) in [6.45, 7) is 4.74. The Kier molecular flexibility index (Phi) is 5.70. The fourth-order valence-corrected chi connectivity index (χ4v) is 3.03. The third kappa shape index (κ3) is 3.94. The number of ether oxygens (including phenoxy) is 2. The van der Waals surface area contributed by atoms with Crippen molar-refractivity contribution in [2.24, 2.45) is 0 Å². The molecule has 0 aromatic heterocycles. The number of aryl methyl sites for hydroxylation is 2. The van der Waals surface area contributed by atoms with Gasteiger partial charge >= 0.3 is 0 Å². The van der Waals surface area contributed by atoms with E-state index in [1.54, 1.807) is 12.1 Å². The van der Waals surface area contributed by atoms with Crippen LogP contribution in [0.3, 0.4) is 0 Å². The smallest absolute Gasteiger partial charge is 0.151 e. The molecule has 0 unspecified atom stereocenters. The highest BCUT2D eigenvalue weighted by Crippen LogP contribution is 2.32. The summed E-state index contributed by atoms with van der Waals surface area (Å²) in [5.74, 6) is 1.36. The minimum absolute atomic E-state index is 0.336. The summed E-state index contributed by atoms with van der Waals surface area (Å²) in [5, 5.41) is 9.62. The van der Waals surface area contributed by atoms with E-state index in [9.17, 15) is 0 Å². The summed E-state index contributed by atoms with van der Waals surface area (Å²) in [5.41, 5.74) is 2.57. The van der Waals surface area contributed by atoms with Crippen LogP contribution in [0.15, 0.2) is 34.8 Å². The highest BCUT2D eigenvalue weighted by molar-refractivity contribution is 9.10. The maximum absolute atomic E-state index is 9.13. The third-order valence-electron chi connectivity index (χ3n) is 3.11. The van der Waals surface area contributed by atoms with Gasteiger partial charge in [0, 0.05) is 5.02 Å².